The van der Waals surface area contributed by atoms with E-state index < -0.39 is 28.0 Å². The first kappa shape index (κ1) is 42.1. The molecule has 16 heteroatoms. The third kappa shape index (κ3) is 8.23. The molecule has 3 aromatic carbocycles. The fourth-order valence-corrected chi connectivity index (χ4v) is 12.1. The molecular weight excluding hydrogens is 806 g/mol. The number of anilines is 2. The number of carbonyl (C=O) groups excluding carboxylic acids is 3. The number of thioether (sulfide) groups is 1. The minimum absolute atomic E-state index is 0.122. The Balaban J connectivity index is 0.818. The van der Waals surface area contributed by atoms with Crippen molar-refractivity contribution in [2.24, 2.45) is 15.9 Å². The lowest BCUT2D eigenvalue weighted by atomic mass is 9.81. The summed E-state index contributed by atoms with van der Waals surface area (Å²) in [4.78, 5) is 50.2. The Morgan fingerprint density at radius 2 is 1.78 bits per heavy atom. The van der Waals surface area contributed by atoms with Crippen LogP contribution in [-0.4, -0.2) is 102 Å². The second-order valence-electron chi connectivity index (χ2n) is 16.4. The smallest absolute Gasteiger partial charge is 0.278 e. The Hall–Kier alpha value is -4.64. The van der Waals surface area contributed by atoms with Gasteiger partial charge in [-0.2, -0.15) is 4.31 Å². The van der Waals surface area contributed by atoms with E-state index in [0.717, 1.165) is 78.2 Å². The summed E-state index contributed by atoms with van der Waals surface area (Å²) in [6, 6.07) is 14.7. The maximum absolute atomic E-state index is 15.5. The van der Waals surface area contributed by atoms with Crippen LogP contribution in [0.4, 0.5) is 15.8 Å². The van der Waals surface area contributed by atoms with E-state index in [4.69, 9.17) is 0 Å². The molecule has 2 fully saturated rings. The van der Waals surface area contributed by atoms with Crippen LogP contribution in [0.15, 0.2) is 69.5 Å². The number of hydrogen-bond acceptors (Lipinski definition) is 11. The molecular formula is C44H52FN7O6S2. The highest BCUT2D eigenvalue weighted by molar-refractivity contribution is 8.04. The molecule has 0 radical (unpaired) electrons. The van der Waals surface area contributed by atoms with Gasteiger partial charge in [-0.25, -0.2) is 22.8 Å². The van der Waals surface area contributed by atoms with Crippen molar-refractivity contribution in [2.45, 2.75) is 100 Å². The van der Waals surface area contributed by atoms with E-state index in [9.17, 15) is 27.9 Å². The van der Waals surface area contributed by atoms with E-state index >= 15 is 4.39 Å². The zero-order valence-corrected chi connectivity index (χ0v) is 35.6. The molecule has 2 unspecified atom stereocenters. The number of amidine groups is 1. The van der Waals surface area contributed by atoms with Crippen molar-refractivity contribution >= 4 is 62.3 Å². The number of unbranched alkanes of at least 4 members (excludes halogenated alkanes) is 5. The first-order chi connectivity index (χ1) is 29.0. The van der Waals surface area contributed by atoms with Gasteiger partial charge in [-0.1, -0.05) is 37.8 Å². The molecule has 0 bridgehead atoms. The van der Waals surface area contributed by atoms with Crippen LogP contribution < -0.4 is 15.5 Å². The number of halogens is 1. The summed E-state index contributed by atoms with van der Waals surface area (Å²) in [5, 5.41) is 16.0. The predicted molar refractivity (Wildman–Crippen MR) is 232 cm³/mol. The van der Waals surface area contributed by atoms with Crippen molar-refractivity contribution < 1.29 is 32.3 Å². The number of aliphatic imine (C=N–C) groups is 2. The van der Waals surface area contributed by atoms with Crippen molar-refractivity contribution in [2.75, 3.05) is 42.7 Å². The number of fused-ring (bicyclic) bond motifs is 4. The van der Waals surface area contributed by atoms with Crippen molar-refractivity contribution in [1.82, 2.24) is 14.5 Å². The Kier molecular flexibility index (Phi) is 12.5. The van der Waals surface area contributed by atoms with Crippen LogP contribution in [0.2, 0.25) is 0 Å². The predicted octanol–water partition coefficient (Wildman–Crippen LogP) is 6.13. The lowest BCUT2D eigenvalue weighted by molar-refractivity contribution is -0.136. The fraction of sp³-hybridized carbons (Fsp3) is 0.477. The van der Waals surface area contributed by atoms with Gasteiger partial charge in [0, 0.05) is 72.6 Å². The van der Waals surface area contributed by atoms with E-state index in [1.165, 1.54) is 16.6 Å². The number of likely N-dealkylation sites (N-methyl/N-ethyl adjacent to an activating group) is 1. The van der Waals surface area contributed by atoms with Gasteiger partial charge >= 0.3 is 0 Å². The van der Waals surface area contributed by atoms with E-state index in [0.29, 0.717) is 36.1 Å². The molecule has 0 aromatic heterocycles. The number of rotatable bonds is 15. The molecule has 318 valence electrons. The molecule has 2 saturated heterocycles. The molecule has 13 nitrogen and oxygen atoms in total. The molecule has 60 heavy (non-hydrogen) atoms. The summed E-state index contributed by atoms with van der Waals surface area (Å²) >= 11 is 1.75. The van der Waals surface area contributed by atoms with Gasteiger partial charge in [0.25, 0.3) is 21.1 Å². The maximum atomic E-state index is 15.5. The molecule has 5 aliphatic heterocycles. The molecule has 3 N–H and O–H groups in total. The summed E-state index contributed by atoms with van der Waals surface area (Å²) in [5.41, 5.74) is 5.07. The van der Waals surface area contributed by atoms with Crippen LogP contribution in [0.3, 0.4) is 0 Å². The Morgan fingerprint density at radius 1 is 0.983 bits per heavy atom. The van der Waals surface area contributed by atoms with E-state index in [2.05, 4.69) is 20.6 Å². The van der Waals surface area contributed by atoms with E-state index in [-0.39, 0.29) is 60.4 Å². The molecule has 5 heterocycles. The van der Waals surface area contributed by atoms with Gasteiger partial charge < -0.3 is 20.2 Å². The average molecular weight is 858 g/mol. The normalized spacial score (nSPS) is 23.8. The van der Waals surface area contributed by atoms with Crippen LogP contribution >= 0.6 is 11.8 Å². The molecule has 0 aliphatic carbocycles. The summed E-state index contributed by atoms with van der Waals surface area (Å²) in [6.45, 7) is 3.07. The van der Waals surface area contributed by atoms with Crippen LogP contribution in [0, 0.1) is 11.7 Å². The van der Waals surface area contributed by atoms with Gasteiger partial charge in [0.15, 0.2) is 0 Å². The van der Waals surface area contributed by atoms with Crippen molar-refractivity contribution in [3.63, 3.8) is 0 Å². The standard InChI is InChI=1S/C44H52FN7O6S2/c1-27-24-47-44(48-27)60(57,58)52-20-18-31-38(26-53)50(2)36-15-12-28(22-33(36)41(31)52)32-23-29(13-14-35(32)45)46-19-7-5-3-4-6-8-21-59-39-11-9-10-30-34(39)25-51(43(30)56)37-16-17-40(54)49-42(37)55/h9-15,22-24,27,31,37-38,41,46,53H,3-8,16-21,25-26H2,1-2H3,(H,49,54,55)/t27?,31-,37?,38-,41-/m1/s1. The molecule has 3 amide bonds. The summed E-state index contributed by atoms with van der Waals surface area (Å²) < 4.78 is 44.7. The zero-order chi connectivity index (χ0) is 42.1. The first-order valence-corrected chi connectivity index (χ1v) is 23.4. The molecule has 3 aromatic rings. The van der Waals surface area contributed by atoms with Crippen LogP contribution in [-0.2, 0) is 26.2 Å². The highest BCUT2D eigenvalue weighted by atomic mass is 32.2. The molecule has 0 saturated carbocycles. The van der Waals surface area contributed by atoms with E-state index in [1.807, 2.05) is 54.4 Å². The van der Waals surface area contributed by atoms with Crippen LogP contribution in [0.1, 0.15) is 92.2 Å². The largest absolute Gasteiger partial charge is 0.394 e. The highest BCUT2D eigenvalue weighted by Gasteiger charge is 2.51. The fourth-order valence-electron chi connectivity index (χ4n) is 9.40. The number of imide groups is 1. The van der Waals surface area contributed by atoms with Gasteiger partial charge in [-0.3, -0.25) is 19.7 Å². The number of carbonyl (C=O) groups is 3. The molecule has 0 spiro atoms. The van der Waals surface area contributed by atoms with Gasteiger partial charge in [-0.05, 0) is 97.5 Å². The van der Waals surface area contributed by atoms with Crippen molar-refractivity contribution in [3.05, 3.63) is 77.1 Å². The number of amides is 3. The van der Waals surface area contributed by atoms with Gasteiger partial charge in [0.2, 0.25) is 11.8 Å². The number of aliphatic hydroxyl groups excluding tert-OH is 1. The lowest BCUT2D eigenvalue weighted by Gasteiger charge is -2.44. The van der Waals surface area contributed by atoms with Gasteiger partial charge in [0.1, 0.15) is 11.9 Å². The minimum Gasteiger partial charge on any atom is -0.394 e. The average Bonchev–Trinajstić information content (AvgIpc) is 3.97. The highest BCUT2D eigenvalue weighted by Crippen LogP contribution is 2.51. The molecule has 5 atom stereocenters. The lowest BCUT2D eigenvalue weighted by Crippen LogP contribution is -2.52. The van der Waals surface area contributed by atoms with Crippen LogP contribution in [0.5, 0.6) is 0 Å². The van der Waals surface area contributed by atoms with Gasteiger partial charge in [0.05, 0.1) is 24.7 Å². The minimum atomic E-state index is -4.00. The number of benzene rings is 3. The maximum Gasteiger partial charge on any atom is 0.278 e. The summed E-state index contributed by atoms with van der Waals surface area (Å²) in [7, 11) is -2.09. The monoisotopic (exact) mass is 857 g/mol. The third-order valence-electron chi connectivity index (χ3n) is 12.5. The summed E-state index contributed by atoms with van der Waals surface area (Å²) in [6.07, 6.45) is 9.08. The number of piperidine rings is 1. The third-order valence-corrected chi connectivity index (χ3v) is 15.4. The SMILES string of the molecule is CC1C=NC(S(=O)(=O)N2CC[C@@H]3[C@@H](CO)N(C)c4ccc(-c5cc(NCCCCCCCCSc6cccc7c6CN(C6CCC(=O)NC6=O)C7=O)ccc5F)cc4[C@@H]32)=N1. The first-order valence-electron chi connectivity index (χ1n) is 21.0. The number of nitrogens with zero attached hydrogens (tertiary/aromatic N) is 5. The number of hydrogen-bond donors (Lipinski definition) is 3. The number of nitrogens with one attached hydrogen (secondary N) is 2. The quantitative estimate of drug-likeness (QED) is 0.0927. The Labute approximate surface area is 355 Å². The van der Waals surface area contributed by atoms with Gasteiger partial charge in [-0.15, -0.1) is 11.8 Å². The van der Waals surface area contributed by atoms with Crippen molar-refractivity contribution in [3.8, 4) is 11.1 Å². The molecule has 8 rings (SSSR count). The Morgan fingerprint density at radius 3 is 2.55 bits per heavy atom. The van der Waals surface area contributed by atoms with Crippen molar-refractivity contribution in [1.29, 1.82) is 0 Å². The Bertz CT molecular complexity index is 2340. The second-order valence-corrected chi connectivity index (χ2v) is 19.3. The second kappa shape index (κ2) is 17.8. The zero-order valence-electron chi connectivity index (χ0n) is 34.0. The topological polar surface area (TPSA) is 164 Å². The summed E-state index contributed by atoms with van der Waals surface area (Å²) in [5.74, 6) is -0.436. The molecule has 5 aliphatic rings. The number of sulfonamides is 1. The number of aliphatic hydroxyl groups is 1. The van der Waals surface area contributed by atoms with Crippen LogP contribution in [0.25, 0.3) is 11.1 Å². The van der Waals surface area contributed by atoms with E-state index in [1.54, 1.807) is 29.7 Å².